The van der Waals surface area contributed by atoms with Crippen LogP contribution in [0.15, 0.2) is 47.4 Å². The molecule has 0 nitrogen and oxygen atoms in total. The molecular weight excluding hydrogens is 335 g/mol. The topological polar surface area (TPSA) is 0 Å². The monoisotopic (exact) mass is 350 g/mol. The van der Waals surface area contributed by atoms with Crippen molar-refractivity contribution in [3.05, 3.63) is 59.2 Å². The maximum atomic E-state index is 3.71. The second kappa shape index (κ2) is 6.74. The van der Waals surface area contributed by atoms with E-state index in [1.165, 1.54) is 38.6 Å². The minimum Gasteiger partial charge on any atom is -0.0775 e. The molecule has 0 aromatic heterocycles. The van der Waals surface area contributed by atoms with Crippen molar-refractivity contribution in [1.29, 1.82) is 0 Å². The van der Waals surface area contributed by atoms with Crippen molar-refractivity contribution < 1.29 is 0 Å². The normalized spacial score (nSPS) is 11.7. The molecule has 19 heavy (non-hydrogen) atoms. The Morgan fingerprint density at radius 3 is 2.16 bits per heavy atom. The lowest BCUT2D eigenvalue weighted by atomic mass is 10.1. The molecule has 0 heterocycles. The first-order valence-electron chi connectivity index (χ1n) is 6.11. The van der Waals surface area contributed by atoms with Gasteiger partial charge < -0.3 is 0 Å². The van der Waals surface area contributed by atoms with Crippen LogP contribution in [0.25, 0.3) is 0 Å². The zero-order chi connectivity index (χ0) is 13.8. The van der Waals surface area contributed by atoms with E-state index in [2.05, 4.69) is 73.1 Å². The average Bonchev–Trinajstić information content (AvgIpc) is 2.35. The maximum absolute atomic E-state index is 3.71. The Morgan fingerprint density at radius 2 is 1.58 bits per heavy atom. The number of benzene rings is 2. The first-order chi connectivity index (χ1) is 9.06. The highest BCUT2D eigenvalue weighted by Gasteiger charge is 2.04. The summed E-state index contributed by atoms with van der Waals surface area (Å²) in [6.07, 6.45) is 0. The lowest BCUT2D eigenvalue weighted by molar-refractivity contribution is 1.36. The van der Waals surface area contributed by atoms with Crippen LogP contribution in [0.2, 0.25) is 0 Å². The smallest absolute Gasteiger partial charge is 0.0775 e. The summed E-state index contributed by atoms with van der Waals surface area (Å²) in [6.45, 7) is 6.53. The summed E-state index contributed by atoms with van der Waals surface area (Å²) in [6, 6.07) is 15.0. The van der Waals surface area contributed by atoms with Crippen molar-refractivity contribution in [3.8, 4) is 0 Å². The lowest BCUT2D eigenvalue weighted by Crippen LogP contribution is -2.04. The van der Waals surface area contributed by atoms with Crippen molar-refractivity contribution in [2.45, 2.75) is 25.7 Å². The van der Waals surface area contributed by atoms with Crippen LogP contribution in [-0.4, -0.2) is 3.53 Å². The molecule has 0 bridgehead atoms. The highest BCUT2D eigenvalue weighted by Crippen LogP contribution is 2.27. The van der Waals surface area contributed by atoms with Gasteiger partial charge in [0.25, 0.3) is 0 Å². The quantitative estimate of drug-likeness (QED) is 0.523. The molecule has 0 aliphatic heterocycles. The number of rotatable bonds is 3. The van der Waals surface area contributed by atoms with Crippen molar-refractivity contribution in [2.75, 3.05) is 0 Å². The molecule has 0 atom stereocenters. The van der Waals surface area contributed by atoms with Gasteiger partial charge in [-0.2, -0.15) is 0 Å². The van der Waals surface area contributed by atoms with Crippen LogP contribution in [-0.2, 0) is 0 Å². The van der Waals surface area contributed by atoms with Gasteiger partial charge in [0, 0.05) is 10.2 Å². The first-order valence-corrected chi connectivity index (χ1v) is 8.61. The van der Waals surface area contributed by atoms with Gasteiger partial charge in [-0.1, -0.05) is 47.7 Å². The van der Waals surface area contributed by atoms with Gasteiger partial charge in [0.1, 0.15) is 0 Å². The molecule has 0 amide bonds. The van der Waals surface area contributed by atoms with E-state index in [0.29, 0.717) is 0 Å². The van der Waals surface area contributed by atoms with E-state index >= 15 is 0 Å². The number of hydrogen-bond acceptors (Lipinski definition) is 1. The predicted molar refractivity (Wildman–Crippen MR) is 93.4 cm³/mol. The Labute approximate surface area is 129 Å². The third kappa shape index (κ3) is 4.21. The molecule has 0 spiro atoms. The molecule has 0 N–H and O–H groups in total. The molecule has 2 rings (SSSR count). The molecule has 0 saturated heterocycles. The number of halogens is 1. The third-order valence-electron chi connectivity index (χ3n) is 2.78. The summed E-state index contributed by atoms with van der Waals surface area (Å²) in [7, 11) is 1.25. The van der Waals surface area contributed by atoms with Crippen molar-refractivity contribution in [2.24, 2.45) is 0 Å². The molecule has 0 aliphatic carbocycles. The highest BCUT2D eigenvalue weighted by atomic mass is 79.9. The van der Waals surface area contributed by atoms with E-state index in [1.807, 2.05) is 6.07 Å². The Balaban J connectivity index is 2.26. The minimum absolute atomic E-state index is 1.23. The van der Waals surface area contributed by atoms with Gasteiger partial charge in [-0.3, -0.25) is 0 Å². The second-order valence-corrected chi connectivity index (χ2v) is 8.96. The summed E-state index contributed by atoms with van der Waals surface area (Å²) in [4.78, 5) is 1.27. The van der Waals surface area contributed by atoms with E-state index in [1.54, 1.807) is 11.8 Å². The fourth-order valence-corrected chi connectivity index (χ4v) is 5.06. The molecule has 0 radical (unpaired) electrons. The Kier molecular flexibility index (Phi) is 5.27. The number of hydrogen-bond donors (Lipinski definition) is 0. The molecule has 0 unspecified atom stereocenters. The van der Waals surface area contributed by atoms with Crippen LogP contribution in [0.1, 0.15) is 16.7 Å². The van der Waals surface area contributed by atoms with Crippen molar-refractivity contribution in [3.63, 3.8) is 0 Å². The minimum atomic E-state index is 1.23. The van der Waals surface area contributed by atoms with Gasteiger partial charge in [-0.15, -0.1) is 0 Å². The van der Waals surface area contributed by atoms with Crippen LogP contribution in [0.5, 0.6) is 0 Å². The van der Waals surface area contributed by atoms with Crippen LogP contribution >= 0.6 is 35.9 Å². The molecule has 0 fully saturated rings. The Morgan fingerprint density at radius 1 is 1.00 bits per heavy atom. The van der Waals surface area contributed by atoms with Gasteiger partial charge in [0.15, 0.2) is 0 Å². The fourth-order valence-electron chi connectivity index (χ4n) is 2.05. The first kappa shape index (κ1) is 14.8. The van der Waals surface area contributed by atoms with Crippen molar-refractivity contribution in [1.82, 2.24) is 0 Å². The van der Waals surface area contributed by atoms with Gasteiger partial charge in [0.2, 0.25) is 0 Å². The van der Waals surface area contributed by atoms with Gasteiger partial charge in [-0.05, 0) is 68.2 Å². The van der Waals surface area contributed by atoms with E-state index in [-0.39, 0.29) is 0 Å². The van der Waals surface area contributed by atoms with Gasteiger partial charge >= 0.3 is 0 Å². The van der Waals surface area contributed by atoms with Crippen LogP contribution in [0.3, 0.4) is 0 Å². The molecule has 0 saturated carbocycles. The maximum Gasteiger partial charge on any atom is 0.0827 e. The molecule has 98 valence electrons. The van der Waals surface area contributed by atoms with Gasteiger partial charge in [0.05, 0.1) is 3.53 Å². The Hall–Kier alpha value is -0.560. The summed E-state index contributed by atoms with van der Waals surface area (Å²) >= 11 is 5.49. The van der Waals surface area contributed by atoms with E-state index < -0.39 is 0 Å². The molecule has 3 heteroatoms. The summed E-state index contributed by atoms with van der Waals surface area (Å²) in [5.74, 6) is 0. The molecular formula is C16H16BrPS. The molecule has 2 aromatic rings. The van der Waals surface area contributed by atoms with Crippen LogP contribution in [0, 0.1) is 20.8 Å². The van der Waals surface area contributed by atoms with E-state index in [0.717, 1.165) is 0 Å². The number of aryl methyl sites for hydroxylation is 3. The average molecular weight is 351 g/mol. The standard InChI is InChI=1S/C16H16BrPS/c1-11-9-12(2)15(13(3)10-11)18-16(17)19-14-7-5-4-6-8-14/h4-10H,1-3H3. The van der Waals surface area contributed by atoms with Crippen molar-refractivity contribution >= 4 is 44.7 Å². The largest absolute Gasteiger partial charge is 0.0827 e. The molecule has 0 aliphatic rings. The SMILES string of the molecule is Cc1cc(C)c(P=C(Br)Sc2ccccc2)c(C)c1. The predicted octanol–water partition coefficient (Wildman–Crippen LogP) is 5.46. The summed E-state index contributed by atoms with van der Waals surface area (Å²) < 4.78 is 1.23. The van der Waals surface area contributed by atoms with Crippen LogP contribution in [0.4, 0.5) is 0 Å². The summed E-state index contributed by atoms with van der Waals surface area (Å²) in [5, 5.41) is 1.40. The zero-order valence-corrected chi connectivity index (χ0v) is 14.6. The van der Waals surface area contributed by atoms with Crippen LogP contribution < -0.4 is 5.30 Å². The highest BCUT2D eigenvalue weighted by molar-refractivity contribution is 9.23. The van der Waals surface area contributed by atoms with E-state index in [9.17, 15) is 0 Å². The zero-order valence-electron chi connectivity index (χ0n) is 11.3. The fraction of sp³-hybridized carbons (Fsp3) is 0.188. The van der Waals surface area contributed by atoms with E-state index in [4.69, 9.17) is 0 Å². The lowest BCUT2D eigenvalue weighted by Gasteiger charge is -2.07. The summed E-state index contributed by atoms with van der Waals surface area (Å²) in [5.41, 5.74) is 4.07. The van der Waals surface area contributed by atoms with Gasteiger partial charge in [-0.25, -0.2) is 0 Å². The molecule has 2 aromatic carbocycles. The Bertz CT molecular complexity index is 582. The second-order valence-electron chi connectivity index (χ2n) is 4.53. The third-order valence-corrected chi connectivity index (χ3v) is 6.13. The number of thioether (sulfide) groups is 1.